The van der Waals surface area contributed by atoms with Gasteiger partial charge in [-0.1, -0.05) is 6.92 Å². The molecule has 1 atom stereocenters. The third kappa shape index (κ3) is 4.57. The number of carbonyl (C=O) groups excluding carboxylic acids is 1. The Morgan fingerprint density at radius 1 is 1.17 bits per heavy atom. The third-order valence-electron chi connectivity index (χ3n) is 6.07. The Kier molecular flexibility index (Phi) is 5.92. The van der Waals surface area contributed by atoms with Gasteiger partial charge in [-0.3, -0.25) is 9.78 Å². The number of amides is 1. The van der Waals surface area contributed by atoms with Gasteiger partial charge in [-0.05, 0) is 43.7 Å². The van der Waals surface area contributed by atoms with Crippen molar-refractivity contribution in [1.29, 1.82) is 0 Å². The zero-order valence-corrected chi connectivity index (χ0v) is 18.4. The van der Waals surface area contributed by atoms with E-state index in [0.717, 1.165) is 49.5 Å². The second-order valence-corrected chi connectivity index (χ2v) is 10.5. The Morgan fingerprint density at radius 2 is 1.93 bits per heavy atom. The van der Waals surface area contributed by atoms with Gasteiger partial charge in [0.25, 0.3) is 5.91 Å². The molecule has 0 saturated carbocycles. The van der Waals surface area contributed by atoms with Crippen molar-refractivity contribution >= 4 is 32.5 Å². The average molecular weight is 432 g/mol. The van der Waals surface area contributed by atoms with E-state index in [0.29, 0.717) is 30.5 Å². The summed E-state index contributed by atoms with van der Waals surface area (Å²) in [6.45, 7) is 4.73. The lowest BCUT2D eigenvalue weighted by atomic mass is 9.99. The summed E-state index contributed by atoms with van der Waals surface area (Å²) in [5.41, 5.74) is 0.471. The quantitative estimate of drug-likeness (QED) is 0.798. The minimum atomic E-state index is -3.14. The number of hydrogen-bond acceptors (Lipinski definition) is 6. The number of carbonyl (C=O) groups is 1. The highest BCUT2D eigenvalue weighted by molar-refractivity contribution is 7.88. The van der Waals surface area contributed by atoms with Gasteiger partial charge in [-0.25, -0.2) is 17.7 Å². The zero-order valence-electron chi connectivity index (χ0n) is 17.5. The molecular formula is C21H29N5O3S. The van der Waals surface area contributed by atoms with Crippen LogP contribution in [0.25, 0.3) is 10.8 Å². The fourth-order valence-electron chi connectivity index (χ4n) is 4.38. The maximum atomic E-state index is 13.2. The first kappa shape index (κ1) is 21.0. The Hall–Kier alpha value is -2.26. The third-order valence-corrected chi connectivity index (χ3v) is 7.37. The van der Waals surface area contributed by atoms with Crippen LogP contribution in [0.2, 0.25) is 0 Å². The van der Waals surface area contributed by atoms with E-state index in [1.165, 1.54) is 10.6 Å². The highest BCUT2D eigenvalue weighted by Crippen LogP contribution is 2.24. The molecule has 0 aromatic carbocycles. The lowest BCUT2D eigenvalue weighted by molar-refractivity contribution is 0.0679. The van der Waals surface area contributed by atoms with Crippen LogP contribution in [0.1, 0.15) is 43.1 Å². The first-order valence-electron chi connectivity index (χ1n) is 10.6. The molecule has 0 radical (unpaired) electrons. The minimum absolute atomic E-state index is 0.0224. The molecule has 2 aliphatic heterocycles. The Bertz CT molecular complexity index is 1030. The number of sulfonamides is 1. The van der Waals surface area contributed by atoms with Crippen LogP contribution in [0.5, 0.6) is 0 Å². The van der Waals surface area contributed by atoms with Crippen LogP contribution in [-0.2, 0) is 10.0 Å². The number of hydrogen-bond donors (Lipinski definition) is 1. The van der Waals surface area contributed by atoms with Crippen molar-refractivity contribution in [2.45, 2.75) is 38.6 Å². The molecule has 0 aliphatic carbocycles. The van der Waals surface area contributed by atoms with Crippen LogP contribution in [0.15, 0.2) is 24.5 Å². The summed E-state index contributed by atoms with van der Waals surface area (Å²) in [6.07, 6.45) is 8.30. The van der Waals surface area contributed by atoms with Crippen molar-refractivity contribution in [3.8, 4) is 0 Å². The number of fused-ring (bicyclic) bond motifs is 1. The lowest BCUT2D eigenvalue weighted by Gasteiger charge is -2.31. The summed E-state index contributed by atoms with van der Waals surface area (Å²) in [7, 11) is -3.14. The first-order chi connectivity index (χ1) is 14.3. The summed E-state index contributed by atoms with van der Waals surface area (Å²) in [4.78, 5) is 24.0. The number of likely N-dealkylation sites (tertiary alicyclic amines) is 1. The molecule has 4 heterocycles. The van der Waals surface area contributed by atoms with Crippen molar-refractivity contribution in [2.75, 3.05) is 37.8 Å². The van der Waals surface area contributed by atoms with Gasteiger partial charge in [0.15, 0.2) is 0 Å². The topological polar surface area (TPSA) is 95.5 Å². The minimum Gasteiger partial charge on any atom is -0.367 e. The number of anilines is 1. The normalized spacial score (nSPS) is 21.7. The Balaban J connectivity index is 1.52. The fraction of sp³-hybridized carbons (Fsp3) is 0.571. The van der Waals surface area contributed by atoms with Gasteiger partial charge in [0.1, 0.15) is 11.5 Å². The number of pyridine rings is 2. The van der Waals surface area contributed by atoms with Crippen molar-refractivity contribution in [3.05, 3.63) is 30.2 Å². The standard InChI is InChI=1S/C21H29N5O3S/c1-15-4-3-9-25(14-15)21(27)20-18-12-19(23-13-16(18)5-8-22-20)24-17-6-10-26(11-7-17)30(2,28)29/h5,8,12-13,15,17H,3-4,6-7,9-11,14H2,1-2H3,(H,23,24). The molecule has 2 fully saturated rings. The van der Waals surface area contributed by atoms with E-state index in [1.807, 2.05) is 17.0 Å². The van der Waals surface area contributed by atoms with E-state index in [9.17, 15) is 13.2 Å². The highest BCUT2D eigenvalue weighted by atomic mass is 32.2. The summed E-state index contributed by atoms with van der Waals surface area (Å²) < 4.78 is 24.9. The number of rotatable bonds is 4. The van der Waals surface area contributed by atoms with E-state index in [4.69, 9.17) is 0 Å². The van der Waals surface area contributed by atoms with Crippen LogP contribution < -0.4 is 5.32 Å². The van der Waals surface area contributed by atoms with Gasteiger partial charge < -0.3 is 10.2 Å². The summed E-state index contributed by atoms with van der Waals surface area (Å²) in [5.74, 6) is 1.18. The summed E-state index contributed by atoms with van der Waals surface area (Å²) in [5, 5.41) is 5.10. The highest BCUT2D eigenvalue weighted by Gasteiger charge is 2.26. The van der Waals surface area contributed by atoms with Crippen LogP contribution in [0.4, 0.5) is 5.82 Å². The number of nitrogens with zero attached hydrogens (tertiary/aromatic N) is 4. The van der Waals surface area contributed by atoms with Crippen molar-refractivity contribution in [1.82, 2.24) is 19.2 Å². The van der Waals surface area contributed by atoms with E-state index in [-0.39, 0.29) is 11.9 Å². The molecule has 8 nitrogen and oxygen atoms in total. The van der Waals surface area contributed by atoms with Crippen molar-refractivity contribution in [3.63, 3.8) is 0 Å². The number of aromatic nitrogens is 2. The molecule has 2 aliphatic rings. The monoisotopic (exact) mass is 431 g/mol. The van der Waals surface area contributed by atoms with Gasteiger partial charge in [0, 0.05) is 55.4 Å². The summed E-state index contributed by atoms with van der Waals surface area (Å²) >= 11 is 0. The van der Waals surface area contributed by atoms with Crippen LogP contribution in [0, 0.1) is 5.92 Å². The first-order valence-corrected chi connectivity index (χ1v) is 12.4. The maximum Gasteiger partial charge on any atom is 0.273 e. The molecular weight excluding hydrogens is 402 g/mol. The lowest BCUT2D eigenvalue weighted by Crippen LogP contribution is -2.41. The molecule has 9 heteroatoms. The second-order valence-electron chi connectivity index (χ2n) is 8.53. The predicted octanol–water partition coefficient (Wildman–Crippen LogP) is 2.34. The van der Waals surface area contributed by atoms with Crippen molar-refractivity contribution < 1.29 is 13.2 Å². The molecule has 1 unspecified atom stereocenters. The van der Waals surface area contributed by atoms with Gasteiger partial charge >= 0.3 is 0 Å². The molecule has 2 saturated heterocycles. The molecule has 1 amide bonds. The van der Waals surface area contributed by atoms with Crippen LogP contribution in [-0.4, -0.2) is 72.0 Å². The maximum absolute atomic E-state index is 13.2. The molecule has 4 rings (SSSR count). The second kappa shape index (κ2) is 8.47. The number of piperidine rings is 2. The largest absolute Gasteiger partial charge is 0.367 e. The van der Waals surface area contributed by atoms with E-state index in [2.05, 4.69) is 22.2 Å². The molecule has 2 aromatic heterocycles. The van der Waals surface area contributed by atoms with Gasteiger partial charge in [-0.15, -0.1) is 0 Å². The zero-order chi connectivity index (χ0) is 21.3. The van der Waals surface area contributed by atoms with E-state index < -0.39 is 10.0 Å². The molecule has 1 N–H and O–H groups in total. The van der Waals surface area contributed by atoms with Gasteiger partial charge in [-0.2, -0.15) is 0 Å². The summed E-state index contributed by atoms with van der Waals surface area (Å²) in [6, 6.07) is 3.91. The SMILES string of the molecule is CC1CCCN(C(=O)c2nccc3cnc(NC4CCN(S(C)(=O)=O)CC4)cc23)C1. The Morgan fingerprint density at radius 3 is 2.63 bits per heavy atom. The van der Waals surface area contributed by atoms with E-state index >= 15 is 0 Å². The molecule has 162 valence electrons. The molecule has 0 spiro atoms. The van der Waals surface area contributed by atoms with Crippen LogP contribution >= 0.6 is 0 Å². The van der Waals surface area contributed by atoms with Crippen molar-refractivity contribution in [2.24, 2.45) is 5.92 Å². The fourth-order valence-corrected chi connectivity index (χ4v) is 5.25. The van der Waals surface area contributed by atoms with E-state index in [1.54, 1.807) is 12.4 Å². The number of nitrogens with one attached hydrogen (secondary N) is 1. The Labute approximate surface area is 177 Å². The van der Waals surface area contributed by atoms with Gasteiger partial charge in [0.2, 0.25) is 10.0 Å². The molecule has 2 aromatic rings. The molecule has 0 bridgehead atoms. The average Bonchev–Trinajstić information content (AvgIpc) is 2.72. The predicted molar refractivity (Wildman–Crippen MR) is 117 cm³/mol. The van der Waals surface area contributed by atoms with Gasteiger partial charge in [0.05, 0.1) is 6.26 Å². The molecule has 30 heavy (non-hydrogen) atoms. The smallest absolute Gasteiger partial charge is 0.273 e. The van der Waals surface area contributed by atoms with Crippen LogP contribution in [0.3, 0.4) is 0 Å².